The van der Waals surface area contributed by atoms with Crippen molar-refractivity contribution in [3.8, 4) is 6.07 Å². The number of rotatable bonds is 1. The quantitative estimate of drug-likeness (QED) is 0.777. The summed E-state index contributed by atoms with van der Waals surface area (Å²) in [5.74, 6) is 0. The Morgan fingerprint density at radius 2 is 1.89 bits per heavy atom. The minimum atomic E-state index is -4.41. The summed E-state index contributed by atoms with van der Waals surface area (Å²) in [6.07, 6.45) is -3.59. The Balaban J connectivity index is 2.51. The zero-order valence-electron chi connectivity index (χ0n) is 9.93. The fourth-order valence-corrected chi connectivity index (χ4v) is 2.86. The number of alkyl halides is 3. The lowest BCUT2D eigenvalue weighted by molar-refractivity contribution is -0.137. The Labute approximate surface area is 117 Å². The number of nitriles is 1. The average molecular weight is 334 g/mol. The number of hydrogen-bond acceptors (Lipinski definition) is 2. The topological polar surface area (TPSA) is 33.0 Å². The minimum absolute atomic E-state index is 0.385. The van der Waals surface area contributed by atoms with Crippen LogP contribution in [0.25, 0.3) is 0 Å². The predicted octanol–water partition coefficient (Wildman–Crippen LogP) is 4.04. The van der Waals surface area contributed by atoms with E-state index in [0.29, 0.717) is 36.1 Å². The maximum Gasteiger partial charge on any atom is 0.416 e. The van der Waals surface area contributed by atoms with Gasteiger partial charge in [-0.1, -0.05) is 15.9 Å². The van der Waals surface area contributed by atoms with Gasteiger partial charge in [-0.15, -0.1) is 0 Å². The van der Waals surface area contributed by atoms with Crippen LogP contribution in [0.3, 0.4) is 0 Å². The first-order chi connectivity index (χ1) is 8.89. The summed E-state index contributed by atoms with van der Waals surface area (Å²) in [5, 5.41) is 9.41. The molecule has 0 spiro atoms. The summed E-state index contributed by atoms with van der Waals surface area (Å²) in [5.41, 5.74) is -1.24. The van der Waals surface area contributed by atoms with Crippen molar-refractivity contribution in [1.82, 2.24) is 0 Å². The molecule has 0 amide bonds. The summed E-state index contributed by atoms with van der Waals surface area (Å²) in [6.45, 7) is 0.770. The van der Waals surface area contributed by atoms with Gasteiger partial charge in [0.05, 0.1) is 17.0 Å². The van der Waals surface area contributed by atoms with Gasteiger partial charge in [0.15, 0.2) is 0 Å². The van der Waals surface area contributed by atoms with Crippen molar-refractivity contribution >= 4 is 15.9 Å². The second kappa shape index (κ2) is 5.14. The van der Waals surface area contributed by atoms with E-state index < -0.39 is 17.2 Å². The molecule has 0 unspecified atom stereocenters. The lowest BCUT2D eigenvalue weighted by Crippen LogP contribution is -2.33. The lowest BCUT2D eigenvalue weighted by atomic mass is 9.75. The molecule has 19 heavy (non-hydrogen) atoms. The number of hydrogen-bond donors (Lipinski definition) is 0. The fourth-order valence-electron chi connectivity index (χ4n) is 2.23. The molecule has 1 fully saturated rings. The van der Waals surface area contributed by atoms with Crippen molar-refractivity contribution in [3.05, 3.63) is 33.8 Å². The summed E-state index contributed by atoms with van der Waals surface area (Å²) in [4.78, 5) is 0. The van der Waals surface area contributed by atoms with Crippen molar-refractivity contribution in [1.29, 1.82) is 5.26 Å². The van der Waals surface area contributed by atoms with E-state index in [0.717, 1.165) is 12.1 Å². The molecule has 1 aliphatic heterocycles. The van der Waals surface area contributed by atoms with Gasteiger partial charge in [-0.2, -0.15) is 18.4 Å². The Morgan fingerprint density at radius 1 is 1.26 bits per heavy atom. The molecule has 2 rings (SSSR count). The molecule has 0 saturated carbocycles. The van der Waals surface area contributed by atoms with E-state index >= 15 is 0 Å². The smallest absolute Gasteiger partial charge is 0.381 e. The third-order valence-corrected chi connectivity index (χ3v) is 4.06. The van der Waals surface area contributed by atoms with Gasteiger partial charge in [0, 0.05) is 17.7 Å². The second-order valence-corrected chi connectivity index (χ2v) is 5.35. The van der Waals surface area contributed by atoms with E-state index in [2.05, 4.69) is 22.0 Å². The Hall–Kier alpha value is -1.06. The number of nitrogens with zero attached hydrogens (tertiary/aromatic N) is 1. The number of halogens is 4. The molecule has 1 aliphatic rings. The largest absolute Gasteiger partial charge is 0.416 e. The lowest BCUT2D eigenvalue weighted by Gasteiger charge is -2.32. The molecule has 1 heterocycles. The van der Waals surface area contributed by atoms with Gasteiger partial charge in [0.2, 0.25) is 0 Å². The Morgan fingerprint density at radius 3 is 2.42 bits per heavy atom. The summed E-state index contributed by atoms with van der Waals surface area (Å²) in [6, 6.07) is 5.61. The molecule has 6 heteroatoms. The highest BCUT2D eigenvalue weighted by Crippen LogP contribution is 2.41. The van der Waals surface area contributed by atoms with Gasteiger partial charge in [0.25, 0.3) is 0 Å². The minimum Gasteiger partial charge on any atom is -0.381 e. The van der Waals surface area contributed by atoms with Crippen LogP contribution in [0, 0.1) is 11.3 Å². The molecule has 0 bridgehead atoms. The molecule has 0 aliphatic carbocycles. The van der Waals surface area contributed by atoms with E-state index in [1.807, 2.05) is 0 Å². The number of benzene rings is 1. The SMILES string of the molecule is N#CC1(c2cc(C(F)(F)F)ccc2Br)CCOCC1. The molecule has 0 radical (unpaired) electrons. The van der Waals surface area contributed by atoms with Crippen LogP contribution in [0.4, 0.5) is 13.2 Å². The first-order valence-electron chi connectivity index (χ1n) is 5.75. The van der Waals surface area contributed by atoms with E-state index in [1.165, 1.54) is 6.07 Å². The average Bonchev–Trinajstić information content (AvgIpc) is 2.38. The van der Waals surface area contributed by atoms with Crippen molar-refractivity contribution < 1.29 is 17.9 Å². The van der Waals surface area contributed by atoms with Crippen molar-refractivity contribution in [2.45, 2.75) is 24.4 Å². The zero-order valence-corrected chi connectivity index (χ0v) is 11.5. The predicted molar refractivity (Wildman–Crippen MR) is 66.5 cm³/mol. The Bertz CT molecular complexity index is 516. The molecule has 0 N–H and O–H groups in total. The fraction of sp³-hybridized carbons (Fsp3) is 0.462. The zero-order chi connectivity index (χ0) is 14.1. The third-order valence-electron chi connectivity index (χ3n) is 3.37. The van der Waals surface area contributed by atoms with Gasteiger partial charge in [-0.25, -0.2) is 0 Å². The monoisotopic (exact) mass is 333 g/mol. The molecule has 1 aromatic carbocycles. The molecular weight excluding hydrogens is 323 g/mol. The van der Waals surface area contributed by atoms with Crippen LogP contribution < -0.4 is 0 Å². The summed E-state index contributed by atoms with van der Waals surface area (Å²) >= 11 is 3.25. The molecule has 1 aromatic rings. The first kappa shape index (κ1) is 14.4. The van der Waals surface area contributed by atoms with Crippen molar-refractivity contribution in [2.75, 3.05) is 13.2 Å². The summed E-state index contributed by atoms with van der Waals surface area (Å²) in [7, 11) is 0. The van der Waals surface area contributed by atoms with Crippen LogP contribution in [0.1, 0.15) is 24.0 Å². The van der Waals surface area contributed by atoms with Crippen LogP contribution in [0.2, 0.25) is 0 Å². The molecule has 102 valence electrons. The van der Waals surface area contributed by atoms with Gasteiger partial charge < -0.3 is 4.74 Å². The highest BCUT2D eigenvalue weighted by Gasteiger charge is 2.39. The van der Waals surface area contributed by atoms with Crippen LogP contribution in [0.5, 0.6) is 0 Å². The molecule has 0 aromatic heterocycles. The van der Waals surface area contributed by atoms with E-state index in [-0.39, 0.29) is 0 Å². The molecular formula is C13H11BrF3NO. The maximum absolute atomic E-state index is 12.8. The van der Waals surface area contributed by atoms with E-state index in [9.17, 15) is 18.4 Å². The van der Waals surface area contributed by atoms with Gasteiger partial charge in [-0.05, 0) is 36.6 Å². The van der Waals surface area contributed by atoms with Crippen LogP contribution in [0.15, 0.2) is 22.7 Å². The highest BCUT2D eigenvalue weighted by atomic mass is 79.9. The van der Waals surface area contributed by atoms with Crippen molar-refractivity contribution in [3.63, 3.8) is 0 Å². The van der Waals surface area contributed by atoms with Crippen LogP contribution in [-0.2, 0) is 16.3 Å². The summed E-state index contributed by atoms with van der Waals surface area (Å²) < 4.78 is 44.0. The van der Waals surface area contributed by atoms with Gasteiger partial charge in [-0.3, -0.25) is 0 Å². The number of ether oxygens (including phenoxy) is 1. The van der Waals surface area contributed by atoms with Gasteiger partial charge in [0.1, 0.15) is 0 Å². The van der Waals surface area contributed by atoms with Crippen LogP contribution in [-0.4, -0.2) is 13.2 Å². The normalized spacial score (nSPS) is 18.9. The van der Waals surface area contributed by atoms with E-state index in [4.69, 9.17) is 4.74 Å². The standard InChI is InChI=1S/C13H11BrF3NO/c14-11-2-1-9(13(15,16)17)7-10(11)12(8-18)3-5-19-6-4-12/h1-2,7H,3-6H2. The third kappa shape index (κ3) is 2.77. The highest BCUT2D eigenvalue weighted by molar-refractivity contribution is 9.10. The maximum atomic E-state index is 12.8. The van der Waals surface area contributed by atoms with Gasteiger partial charge >= 0.3 is 6.18 Å². The molecule has 2 nitrogen and oxygen atoms in total. The Kier molecular flexibility index (Phi) is 3.88. The van der Waals surface area contributed by atoms with Crippen LogP contribution >= 0.6 is 15.9 Å². The second-order valence-electron chi connectivity index (χ2n) is 4.50. The molecule has 0 atom stereocenters. The molecule has 1 saturated heterocycles. The van der Waals surface area contributed by atoms with Crippen molar-refractivity contribution in [2.24, 2.45) is 0 Å². The first-order valence-corrected chi connectivity index (χ1v) is 6.55. The van der Waals surface area contributed by atoms with E-state index in [1.54, 1.807) is 0 Å².